The van der Waals surface area contributed by atoms with E-state index in [2.05, 4.69) is 125 Å². The Kier molecular flexibility index (Phi) is 11.1. The number of rotatable bonds is 14. The van der Waals surface area contributed by atoms with E-state index in [0.717, 1.165) is 61.3 Å². The van der Waals surface area contributed by atoms with Crippen molar-refractivity contribution in [3.63, 3.8) is 0 Å². The summed E-state index contributed by atoms with van der Waals surface area (Å²) in [4.78, 5) is 31.7. The van der Waals surface area contributed by atoms with Crippen molar-refractivity contribution < 1.29 is 4.79 Å². The van der Waals surface area contributed by atoms with Crippen LogP contribution in [0.3, 0.4) is 0 Å². The minimum atomic E-state index is -0.715. The van der Waals surface area contributed by atoms with E-state index in [4.69, 9.17) is 4.98 Å². The largest absolute Gasteiger partial charge is 0.371 e. The molecule has 3 aromatic heterocycles. The van der Waals surface area contributed by atoms with Crippen LogP contribution in [0.2, 0.25) is 0 Å². The summed E-state index contributed by atoms with van der Waals surface area (Å²) >= 11 is 0. The Balaban J connectivity index is 1.85. The molecule has 6 nitrogen and oxygen atoms in total. The number of H-pyrrole nitrogens is 1. The molecular weight excluding hydrogens is 554 g/mol. The summed E-state index contributed by atoms with van der Waals surface area (Å²) < 4.78 is 0. The first kappa shape index (κ1) is 34.2. The number of pyridine rings is 2. The van der Waals surface area contributed by atoms with Crippen LogP contribution in [0.25, 0.3) is 22.3 Å². The van der Waals surface area contributed by atoms with Gasteiger partial charge in [0.2, 0.25) is 5.91 Å². The van der Waals surface area contributed by atoms with Crippen molar-refractivity contribution in [3.8, 4) is 11.3 Å². The summed E-state index contributed by atoms with van der Waals surface area (Å²) in [5, 5.41) is 1.10. The van der Waals surface area contributed by atoms with Gasteiger partial charge in [-0.25, -0.2) is 4.98 Å². The van der Waals surface area contributed by atoms with Crippen molar-refractivity contribution in [2.45, 2.75) is 93.4 Å². The second-order valence-corrected chi connectivity index (χ2v) is 14.4. The van der Waals surface area contributed by atoms with Crippen molar-refractivity contribution in [2.24, 2.45) is 11.8 Å². The van der Waals surface area contributed by atoms with Gasteiger partial charge in [-0.05, 0) is 93.0 Å². The summed E-state index contributed by atoms with van der Waals surface area (Å²) in [6.07, 6.45) is 7.92. The van der Waals surface area contributed by atoms with Crippen LogP contribution < -0.4 is 4.90 Å². The maximum atomic E-state index is 14.2. The Morgan fingerprint density at radius 2 is 1.53 bits per heavy atom. The average molecular weight is 610 g/mol. The van der Waals surface area contributed by atoms with Crippen molar-refractivity contribution >= 4 is 22.6 Å². The second-order valence-electron chi connectivity index (χ2n) is 14.4. The normalized spacial score (nSPS) is 12.7. The zero-order valence-electron chi connectivity index (χ0n) is 29.4. The lowest BCUT2D eigenvalue weighted by molar-refractivity contribution is -0.137. The van der Waals surface area contributed by atoms with Crippen LogP contribution in [-0.2, 0) is 10.2 Å². The Labute approximate surface area is 271 Å². The van der Waals surface area contributed by atoms with E-state index in [-0.39, 0.29) is 11.8 Å². The minimum absolute atomic E-state index is 0.161. The lowest BCUT2D eigenvalue weighted by atomic mass is 9.82. The Hall–Kier alpha value is -3.67. The molecule has 0 aliphatic carbocycles. The number of unbranched alkanes of at least 4 members (excludes halogenated alkanes) is 1. The highest BCUT2D eigenvalue weighted by molar-refractivity contribution is 5.92. The summed E-state index contributed by atoms with van der Waals surface area (Å²) in [7, 11) is 0. The lowest BCUT2D eigenvalue weighted by Gasteiger charge is -2.34. The fraction of sp³-hybridized carbons (Fsp3) is 0.513. The summed E-state index contributed by atoms with van der Waals surface area (Å²) in [6.45, 7) is 25.1. The number of aromatic nitrogens is 3. The first-order valence-electron chi connectivity index (χ1n) is 16.9. The van der Waals surface area contributed by atoms with Gasteiger partial charge in [0.1, 0.15) is 5.65 Å². The molecule has 0 saturated heterocycles. The minimum Gasteiger partial charge on any atom is -0.371 e. The molecule has 1 N–H and O–H groups in total. The van der Waals surface area contributed by atoms with Gasteiger partial charge < -0.3 is 14.8 Å². The molecule has 0 saturated carbocycles. The van der Waals surface area contributed by atoms with Gasteiger partial charge in [-0.1, -0.05) is 65.2 Å². The van der Waals surface area contributed by atoms with E-state index >= 15 is 0 Å². The van der Waals surface area contributed by atoms with E-state index in [1.165, 1.54) is 27.9 Å². The first-order chi connectivity index (χ1) is 21.3. The molecule has 0 fully saturated rings. The molecule has 4 aromatic rings. The van der Waals surface area contributed by atoms with Crippen LogP contribution in [-0.4, -0.2) is 51.9 Å². The molecule has 1 atom stereocenters. The molecule has 45 heavy (non-hydrogen) atoms. The number of anilines is 1. The zero-order chi connectivity index (χ0) is 32.9. The molecule has 1 unspecified atom stereocenters. The topological polar surface area (TPSA) is 65.1 Å². The number of benzene rings is 1. The summed E-state index contributed by atoms with van der Waals surface area (Å²) in [6, 6.07) is 13.2. The van der Waals surface area contributed by atoms with E-state index in [0.29, 0.717) is 11.8 Å². The zero-order valence-corrected chi connectivity index (χ0v) is 29.4. The molecule has 0 aliphatic rings. The van der Waals surface area contributed by atoms with Crippen LogP contribution in [0.4, 0.5) is 5.69 Å². The van der Waals surface area contributed by atoms with Gasteiger partial charge in [-0.3, -0.25) is 9.78 Å². The van der Waals surface area contributed by atoms with Crippen LogP contribution in [0, 0.1) is 25.7 Å². The quantitative estimate of drug-likeness (QED) is 0.155. The van der Waals surface area contributed by atoms with Gasteiger partial charge in [0.05, 0.1) is 11.1 Å². The van der Waals surface area contributed by atoms with E-state index in [1.807, 2.05) is 18.6 Å². The van der Waals surface area contributed by atoms with Crippen molar-refractivity contribution in [3.05, 3.63) is 77.2 Å². The van der Waals surface area contributed by atoms with Crippen LogP contribution in [0.15, 0.2) is 55.0 Å². The van der Waals surface area contributed by atoms with Gasteiger partial charge in [0.25, 0.3) is 0 Å². The van der Waals surface area contributed by atoms with Crippen LogP contribution >= 0.6 is 0 Å². The third-order valence-corrected chi connectivity index (χ3v) is 8.71. The Morgan fingerprint density at radius 3 is 2.11 bits per heavy atom. The highest BCUT2D eigenvalue weighted by Gasteiger charge is 2.35. The fourth-order valence-electron chi connectivity index (χ4n) is 6.58. The fourth-order valence-corrected chi connectivity index (χ4v) is 6.58. The van der Waals surface area contributed by atoms with Gasteiger partial charge in [-0.15, -0.1) is 0 Å². The summed E-state index contributed by atoms with van der Waals surface area (Å²) in [5.41, 5.74) is 8.31. The molecule has 4 rings (SSSR count). The van der Waals surface area contributed by atoms with Crippen molar-refractivity contribution in [2.75, 3.05) is 31.1 Å². The number of nitrogens with zero attached hydrogens (tertiary/aromatic N) is 4. The molecule has 0 radical (unpaired) electrons. The van der Waals surface area contributed by atoms with E-state index in [1.54, 1.807) is 0 Å². The maximum Gasteiger partial charge on any atom is 0.232 e. The third-order valence-electron chi connectivity index (χ3n) is 8.71. The molecule has 1 aromatic carbocycles. The van der Waals surface area contributed by atoms with Crippen LogP contribution in [0.1, 0.15) is 96.4 Å². The maximum absolute atomic E-state index is 14.2. The number of amides is 1. The molecule has 1 amide bonds. The van der Waals surface area contributed by atoms with Crippen molar-refractivity contribution in [1.82, 2.24) is 19.9 Å². The predicted molar refractivity (Wildman–Crippen MR) is 190 cm³/mol. The van der Waals surface area contributed by atoms with Crippen LogP contribution in [0.5, 0.6) is 0 Å². The Bertz CT molecular complexity index is 1540. The Morgan fingerprint density at radius 1 is 0.911 bits per heavy atom. The molecule has 3 heterocycles. The lowest BCUT2D eigenvalue weighted by Crippen LogP contribution is -2.46. The predicted octanol–water partition coefficient (Wildman–Crippen LogP) is 9.07. The van der Waals surface area contributed by atoms with Gasteiger partial charge in [0, 0.05) is 61.8 Å². The number of nitrogens with one attached hydrogen (secondary N) is 1. The molecule has 242 valence electrons. The SMILES string of the molecule is CCCCN(CC(C)c1c(-c2cc(C)cc(C)c2)[nH]c2ncc(C(C)(C)C(=O)N(CC(C)C)CC(C)C)cc12)c1ccncc1. The average Bonchev–Trinajstić information content (AvgIpc) is 3.37. The smallest absolute Gasteiger partial charge is 0.232 e. The number of hydrogen-bond donors (Lipinski definition) is 1. The monoisotopic (exact) mass is 609 g/mol. The van der Waals surface area contributed by atoms with E-state index in [9.17, 15) is 4.79 Å². The number of carbonyl (C=O) groups is 1. The number of hydrogen-bond acceptors (Lipinski definition) is 4. The highest BCUT2D eigenvalue weighted by Crippen LogP contribution is 2.39. The van der Waals surface area contributed by atoms with Gasteiger partial charge in [-0.2, -0.15) is 0 Å². The number of aromatic amines is 1. The van der Waals surface area contributed by atoms with Gasteiger partial charge >= 0.3 is 0 Å². The van der Waals surface area contributed by atoms with Crippen molar-refractivity contribution in [1.29, 1.82) is 0 Å². The number of carbonyl (C=O) groups excluding carboxylic acids is 1. The molecule has 6 heteroatoms. The van der Waals surface area contributed by atoms with E-state index < -0.39 is 5.41 Å². The molecular formula is C39H55N5O. The summed E-state index contributed by atoms with van der Waals surface area (Å²) in [5.74, 6) is 1.15. The van der Waals surface area contributed by atoms with Gasteiger partial charge in [0.15, 0.2) is 0 Å². The molecule has 0 aliphatic heterocycles. The standard InChI is InChI=1S/C39H55N5O/c1-11-12-17-43(33-13-15-40-16-14-33)25-30(8)35-34-21-32(39(9,10)38(45)44(23-26(2)3)24-27(4)5)22-41-37(34)42-36(35)31-19-28(6)18-29(7)20-31/h13-16,18-22,26-27,30H,11-12,17,23-25H2,1-10H3,(H,41,42). The molecule has 0 spiro atoms. The highest BCUT2D eigenvalue weighted by atomic mass is 16.2. The number of fused-ring (bicyclic) bond motifs is 1. The third kappa shape index (κ3) is 8.14. The second kappa shape index (κ2) is 14.6. The molecule has 0 bridgehead atoms. The number of aryl methyl sites for hydroxylation is 2. The first-order valence-corrected chi connectivity index (χ1v) is 16.9.